The highest BCUT2D eigenvalue weighted by Gasteiger charge is 2.19. The average molecular weight is 327 g/mol. The highest BCUT2D eigenvalue weighted by molar-refractivity contribution is 5.55. The topological polar surface area (TPSA) is 73.2 Å². The fourth-order valence-corrected chi connectivity index (χ4v) is 2.33. The molecule has 128 valence electrons. The number of nitriles is 1. The number of benzene rings is 1. The minimum Gasteiger partial charge on any atom is -0.477 e. The lowest BCUT2D eigenvalue weighted by Gasteiger charge is -2.23. The van der Waals surface area contributed by atoms with Crippen molar-refractivity contribution in [3.63, 3.8) is 0 Å². The monoisotopic (exact) mass is 327 g/mol. The van der Waals surface area contributed by atoms with Gasteiger partial charge in [-0.2, -0.15) is 5.26 Å². The number of aryl methyl sites for hydroxylation is 1. The molecule has 1 heterocycles. The first-order chi connectivity index (χ1) is 11.4. The second-order valence-corrected chi connectivity index (χ2v) is 6.54. The zero-order valence-corrected chi connectivity index (χ0v) is 14.8. The molecule has 0 amide bonds. The number of nitrogens with zero attached hydrogens (tertiary/aromatic N) is 2. The van der Waals surface area contributed by atoms with Crippen LogP contribution in [-0.2, 0) is 11.3 Å². The van der Waals surface area contributed by atoms with E-state index in [4.69, 9.17) is 15.2 Å². The maximum atomic E-state index is 9.37. The van der Waals surface area contributed by atoms with E-state index in [1.165, 1.54) is 5.56 Å². The Labute approximate surface area is 143 Å². The van der Waals surface area contributed by atoms with Crippen LogP contribution in [0.25, 0.3) is 0 Å². The Bertz CT molecular complexity index is 724. The summed E-state index contributed by atoms with van der Waals surface area (Å²) < 4.78 is 13.1. The molecule has 0 unspecified atom stereocenters. The Morgan fingerprint density at radius 3 is 2.50 bits per heavy atom. The van der Waals surface area contributed by atoms with E-state index in [0.29, 0.717) is 30.4 Å². The molecule has 2 rings (SSSR count). The van der Waals surface area contributed by atoms with E-state index in [2.05, 4.69) is 18.2 Å². The number of ether oxygens (including phenoxy) is 2. The quantitative estimate of drug-likeness (QED) is 0.845. The van der Waals surface area contributed by atoms with Gasteiger partial charge in [0, 0.05) is 19.6 Å². The Kier molecular flexibility index (Phi) is 5.53. The molecular formula is C19H25N3O2. The van der Waals surface area contributed by atoms with Gasteiger partial charge < -0.3 is 15.2 Å². The smallest absolute Gasteiger partial charge is 0.218 e. The number of nitrogen functional groups attached to an aromatic ring is 1. The van der Waals surface area contributed by atoms with Crippen molar-refractivity contribution in [2.24, 2.45) is 0 Å². The second-order valence-electron chi connectivity index (χ2n) is 6.54. The second kappa shape index (κ2) is 7.41. The van der Waals surface area contributed by atoms with Gasteiger partial charge in [-0.3, -0.25) is 4.57 Å². The maximum absolute atomic E-state index is 9.37. The molecule has 5 heteroatoms. The molecule has 0 saturated carbocycles. The van der Waals surface area contributed by atoms with Crippen LogP contribution in [-0.4, -0.2) is 23.9 Å². The van der Waals surface area contributed by atoms with Crippen LogP contribution in [0, 0.1) is 18.3 Å². The molecule has 2 aromatic rings. The van der Waals surface area contributed by atoms with Gasteiger partial charge in [0.2, 0.25) is 5.88 Å². The average Bonchev–Trinajstić information content (AvgIpc) is 2.85. The number of hydrogen-bond acceptors (Lipinski definition) is 4. The van der Waals surface area contributed by atoms with Gasteiger partial charge in [-0.05, 0) is 26.3 Å². The first-order valence-corrected chi connectivity index (χ1v) is 7.99. The van der Waals surface area contributed by atoms with E-state index in [1.54, 1.807) is 13.2 Å². The number of methoxy groups -OCH3 is 1. The molecule has 0 bridgehead atoms. The van der Waals surface area contributed by atoms with Crippen molar-refractivity contribution in [2.75, 3.05) is 19.5 Å². The minimum absolute atomic E-state index is 0.263. The molecule has 0 fully saturated rings. The maximum Gasteiger partial charge on any atom is 0.218 e. The molecule has 0 atom stereocenters. The molecule has 0 spiro atoms. The van der Waals surface area contributed by atoms with E-state index in [1.807, 2.05) is 37.5 Å². The van der Waals surface area contributed by atoms with Crippen molar-refractivity contribution in [1.82, 2.24) is 4.57 Å². The third-order valence-electron chi connectivity index (χ3n) is 4.15. The molecule has 0 radical (unpaired) electrons. The highest BCUT2D eigenvalue weighted by atomic mass is 16.5. The molecule has 0 aliphatic heterocycles. The molecule has 1 aromatic heterocycles. The number of hydrogen-bond donors (Lipinski definition) is 1. The fourth-order valence-electron chi connectivity index (χ4n) is 2.33. The van der Waals surface area contributed by atoms with E-state index < -0.39 is 0 Å². The highest BCUT2D eigenvalue weighted by Crippen LogP contribution is 2.28. The van der Waals surface area contributed by atoms with Gasteiger partial charge in [-0.15, -0.1) is 0 Å². The molecule has 0 saturated heterocycles. The molecular weight excluding hydrogens is 302 g/mol. The molecule has 0 aliphatic carbocycles. The van der Waals surface area contributed by atoms with Crippen LogP contribution in [0.15, 0.2) is 30.3 Å². The van der Waals surface area contributed by atoms with Crippen LogP contribution < -0.4 is 10.5 Å². The van der Waals surface area contributed by atoms with Crippen LogP contribution in [0.3, 0.4) is 0 Å². The molecule has 24 heavy (non-hydrogen) atoms. The van der Waals surface area contributed by atoms with Crippen LogP contribution in [0.4, 0.5) is 5.69 Å². The normalized spacial score (nSPS) is 11.3. The summed E-state index contributed by atoms with van der Waals surface area (Å²) in [6.45, 7) is 7.07. The van der Waals surface area contributed by atoms with Gasteiger partial charge in [0.25, 0.3) is 0 Å². The summed E-state index contributed by atoms with van der Waals surface area (Å²) in [4.78, 5) is 0. The van der Waals surface area contributed by atoms with Gasteiger partial charge in [0.15, 0.2) is 0 Å². The largest absolute Gasteiger partial charge is 0.477 e. The number of aromatic nitrogens is 1. The van der Waals surface area contributed by atoms with Crippen LogP contribution in [0.5, 0.6) is 5.88 Å². The lowest BCUT2D eigenvalue weighted by atomic mass is 10.1. The predicted octanol–water partition coefficient (Wildman–Crippen LogP) is 3.49. The van der Waals surface area contributed by atoms with Crippen LogP contribution in [0.2, 0.25) is 0 Å². The summed E-state index contributed by atoms with van der Waals surface area (Å²) in [6.07, 6.45) is 0.723. The fraction of sp³-hybridized carbons (Fsp3) is 0.421. The van der Waals surface area contributed by atoms with E-state index in [9.17, 15) is 5.26 Å². The lowest BCUT2D eigenvalue weighted by molar-refractivity contribution is 0.00485. The van der Waals surface area contributed by atoms with E-state index in [-0.39, 0.29) is 5.60 Å². The molecule has 5 nitrogen and oxygen atoms in total. The summed E-state index contributed by atoms with van der Waals surface area (Å²) in [5.74, 6) is 0.541. The minimum atomic E-state index is -0.263. The van der Waals surface area contributed by atoms with Gasteiger partial charge in [-0.25, -0.2) is 0 Å². The van der Waals surface area contributed by atoms with Crippen molar-refractivity contribution >= 4 is 5.69 Å². The molecule has 0 aliphatic rings. The Balaban J connectivity index is 2.20. The zero-order chi connectivity index (χ0) is 17.7. The van der Waals surface area contributed by atoms with Gasteiger partial charge in [0.05, 0.1) is 24.4 Å². The van der Waals surface area contributed by atoms with Crippen molar-refractivity contribution in [1.29, 1.82) is 5.26 Å². The summed E-state index contributed by atoms with van der Waals surface area (Å²) in [5, 5.41) is 9.37. The lowest BCUT2D eigenvalue weighted by Crippen LogP contribution is -2.25. The zero-order valence-electron chi connectivity index (χ0n) is 14.8. The van der Waals surface area contributed by atoms with Crippen LogP contribution in [0.1, 0.15) is 37.1 Å². The predicted molar refractivity (Wildman–Crippen MR) is 95.0 cm³/mol. The van der Waals surface area contributed by atoms with Gasteiger partial charge >= 0.3 is 0 Å². The summed E-state index contributed by atoms with van der Waals surface area (Å²) in [6, 6.07) is 12.0. The Morgan fingerprint density at radius 1 is 1.25 bits per heavy atom. The van der Waals surface area contributed by atoms with Crippen molar-refractivity contribution in [2.45, 2.75) is 39.3 Å². The summed E-state index contributed by atoms with van der Waals surface area (Å²) in [7, 11) is 1.68. The van der Waals surface area contributed by atoms with E-state index >= 15 is 0 Å². The Hall–Kier alpha value is -2.45. The van der Waals surface area contributed by atoms with Gasteiger partial charge in [0.1, 0.15) is 11.8 Å². The standard InChI is InChI=1S/C19H25N3O2/c1-14-5-7-15(8-6-14)13-22-16(12-20)11-17(21)18(22)24-10-9-19(2,3)23-4/h5-8,11H,9-10,13,21H2,1-4H3. The Morgan fingerprint density at radius 2 is 1.92 bits per heavy atom. The summed E-state index contributed by atoms with van der Waals surface area (Å²) in [5.41, 5.74) is 9.05. The third-order valence-corrected chi connectivity index (χ3v) is 4.15. The van der Waals surface area contributed by atoms with Crippen molar-refractivity contribution < 1.29 is 9.47 Å². The summed E-state index contributed by atoms with van der Waals surface area (Å²) >= 11 is 0. The first-order valence-electron chi connectivity index (χ1n) is 7.99. The third kappa shape index (κ3) is 4.30. The van der Waals surface area contributed by atoms with Gasteiger partial charge in [-0.1, -0.05) is 29.8 Å². The number of anilines is 1. The van der Waals surface area contributed by atoms with Crippen LogP contribution >= 0.6 is 0 Å². The molecule has 2 N–H and O–H groups in total. The number of rotatable bonds is 7. The number of nitrogens with two attached hydrogens (primary N) is 1. The first kappa shape index (κ1) is 17.9. The van der Waals surface area contributed by atoms with E-state index in [0.717, 1.165) is 12.0 Å². The SMILES string of the molecule is COC(C)(C)CCOc1c(N)cc(C#N)n1Cc1ccc(C)cc1. The van der Waals surface area contributed by atoms with Crippen molar-refractivity contribution in [3.8, 4) is 11.9 Å². The van der Waals surface area contributed by atoms with Crippen molar-refractivity contribution in [3.05, 3.63) is 47.2 Å². The molecule has 1 aromatic carbocycles.